The minimum atomic E-state index is -0.234. The minimum Gasteiger partial charge on any atom is -0.466 e. The lowest BCUT2D eigenvalue weighted by atomic mass is 9.98. The van der Waals surface area contributed by atoms with Gasteiger partial charge in [0, 0.05) is 12.8 Å². The first kappa shape index (κ1) is 24.2. The molecule has 32 heavy (non-hydrogen) atoms. The van der Waals surface area contributed by atoms with E-state index >= 15 is 0 Å². The van der Waals surface area contributed by atoms with Crippen LogP contribution in [0.25, 0.3) is 6.08 Å². The van der Waals surface area contributed by atoms with Gasteiger partial charge >= 0.3 is 5.97 Å². The summed E-state index contributed by atoms with van der Waals surface area (Å²) >= 11 is 0. The first-order valence-electron chi connectivity index (χ1n) is 11.5. The Morgan fingerprint density at radius 1 is 1.06 bits per heavy atom. The largest absolute Gasteiger partial charge is 0.466 e. The molecule has 1 aliphatic heterocycles. The van der Waals surface area contributed by atoms with Crippen molar-refractivity contribution in [2.75, 3.05) is 13.4 Å². The summed E-state index contributed by atoms with van der Waals surface area (Å²) in [4.78, 5) is 12.2. The highest BCUT2D eigenvalue weighted by Crippen LogP contribution is 2.26. The van der Waals surface area contributed by atoms with Crippen molar-refractivity contribution in [3.63, 3.8) is 0 Å². The van der Waals surface area contributed by atoms with E-state index in [-0.39, 0.29) is 37.5 Å². The number of ether oxygens (including phenoxy) is 4. The third kappa shape index (κ3) is 8.95. The number of carbonyl (C=O) groups excluding carboxylic acids is 1. The Balaban J connectivity index is 1.52. The fourth-order valence-corrected chi connectivity index (χ4v) is 3.63. The van der Waals surface area contributed by atoms with Crippen molar-refractivity contribution in [1.29, 1.82) is 0 Å². The fraction of sp³-hybridized carbons (Fsp3) is 0.444. The summed E-state index contributed by atoms with van der Waals surface area (Å²) in [6, 6.07) is 20.1. The van der Waals surface area contributed by atoms with E-state index in [9.17, 15) is 4.79 Å². The van der Waals surface area contributed by atoms with E-state index in [0.717, 1.165) is 30.4 Å². The Morgan fingerprint density at radius 2 is 1.81 bits per heavy atom. The topological polar surface area (TPSA) is 54.0 Å². The summed E-state index contributed by atoms with van der Waals surface area (Å²) in [6.07, 6.45) is 7.18. The molecule has 0 unspecified atom stereocenters. The molecule has 5 nitrogen and oxygen atoms in total. The average Bonchev–Trinajstić information content (AvgIpc) is 2.82. The van der Waals surface area contributed by atoms with Gasteiger partial charge in [0.25, 0.3) is 0 Å². The summed E-state index contributed by atoms with van der Waals surface area (Å²) < 4.78 is 23.2. The van der Waals surface area contributed by atoms with Gasteiger partial charge in [0.05, 0.1) is 37.9 Å². The Hall–Kier alpha value is -2.47. The molecular weight excluding hydrogens is 404 g/mol. The smallest absolute Gasteiger partial charge is 0.308 e. The molecule has 0 aromatic heterocycles. The van der Waals surface area contributed by atoms with Crippen LogP contribution in [0, 0.1) is 0 Å². The van der Waals surface area contributed by atoms with Crippen LogP contribution in [0.1, 0.15) is 50.2 Å². The van der Waals surface area contributed by atoms with Crippen molar-refractivity contribution >= 4 is 12.0 Å². The van der Waals surface area contributed by atoms with Gasteiger partial charge in [0.15, 0.2) is 0 Å². The van der Waals surface area contributed by atoms with Crippen molar-refractivity contribution in [1.82, 2.24) is 0 Å². The molecule has 172 valence electrons. The SMILES string of the molecule is CCCCOC(=O)C[C@H]1C[C@@H](OCOCc2ccccc2)C[C@@H](/C=C/c2ccccc2)O1. The third-order valence-electron chi connectivity index (χ3n) is 5.35. The normalized spacial score (nSPS) is 21.0. The van der Waals surface area contributed by atoms with E-state index in [1.54, 1.807) is 0 Å². The average molecular weight is 439 g/mol. The lowest BCUT2D eigenvalue weighted by Crippen LogP contribution is -2.38. The molecule has 5 heteroatoms. The van der Waals surface area contributed by atoms with Crippen LogP contribution in [0.4, 0.5) is 0 Å². The van der Waals surface area contributed by atoms with Crippen LogP contribution < -0.4 is 0 Å². The van der Waals surface area contributed by atoms with Gasteiger partial charge in [-0.05, 0) is 17.5 Å². The van der Waals surface area contributed by atoms with Gasteiger partial charge < -0.3 is 18.9 Å². The third-order valence-corrected chi connectivity index (χ3v) is 5.35. The Kier molecular flexibility index (Phi) is 10.5. The molecule has 0 radical (unpaired) electrons. The summed E-state index contributed by atoms with van der Waals surface area (Å²) in [5.74, 6) is -0.213. The van der Waals surface area contributed by atoms with Crippen LogP contribution in [-0.2, 0) is 30.3 Å². The second-order valence-electron chi connectivity index (χ2n) is 8.06. The van der Waals surface area contributed by atoms with Gasteiger partial charge in [-0.25, -0.2) is 0 Å². The van der Waals surface area contributed by atoms with E-state index in [1.807, 2.05) is 66.7 Å². The van der Waals surface area contributed by atoms with E-state index in [2.05, 4.69) is 13.0 Å². The van der Waals surface area contributed by atoms with Gasteiger partial charge in [-0.1, -0.05) is 86.2 Å². The van der Waals surface area contributed by atoms with Crippen LogP contribution in [0.5, 0.6) is 0 Å². The van der Waals surface area contributed by atoms with Gasteiger partial charge in [0.1, 0.15) is 6.79 Å². The molecule has 1 saturated heterocycles. The number of rotatable bonds is 12. The molecule has 3 atom stereocenters. The van der Waals surface area contributed by atoms with Gasteiger partial charge in [0.2, 0.25) is 0 Å². The summed E-state index contributed by atoms with van der Waals surface area (Å²) in [7, 11) is 0. The maximum Gasteiger partial charge on any atom is 0.308 e. The fourth-order valence-electron chi connectivity index (χ4n) is 3.63. The molecule has 0 aliphatic carbocycles. The van der Waals surface area contributed by atoms with Crippen molar-refractivity contribution in [2.24, 2.45) is 0 Å². The first-order valence-corrected chi connectivity index (χ1v) is 11.5. The molecule has 1 heterocycles. The molecule has 0 spiro atoms. The zero-order chi connectivity index (χ0) is 22.4. The van der Waals surface area contributed by atoms with Gasteiger partial charge in [-0.2, -0.15) is 0 Å². The zero-order valence-electron chi connectivity index (χ0n) is 18.9. The molecule has 0 bridgehead atoms. The number of carbonyl (C=O) groups is 1. The monoisotopic (exact) mass is 438 g/mol. The number of esters is 1. The second-order valence-corrected chi connectivity index (χ2v) is 8.06. The van der Waals surface area contributed by atoms with Crippen LogP contribution >= 0.6 is 0 Å². The number of hydrogen-bond donors (Lipinski definition) is 0. The lowest BCUT2D eigenvalue weighted by molar-refractivity contribution is -0.162. The molecule has 1 fully saturated rings. The molecule has 0 amide bonds. The summed E-state index contributed by atoms with van der Waals surface area (Å²) in [5.41, 5.74) is 2.22. The van der Waals surface area contributed by atoms with Crippen LogP contribution in [0.3, 0.4) is 0 Å². The molecular formula is C27H34O5. The van der Waals surface area contributed by atoms with E-state index in [0.29, 0.717) is 19.6 Å². The van der Waals surface area contributed by atoms with Gasteiger partial charge in [-0.3, -0.25) is 4.79 Å². The highest BCUT2D eigenvalue weighted by Gasteiger charge is 2.30. The summed E-state index contributed by atoms with van der Waals surface area (Å²) in [6.45, 7) is 3.26. The predicted octanol–water partition coefficient (Wildman–Crippen LogP) is 5.54. The number of unbranched alkanes of at least 4 members (excludes halogenated alkanes) is 1. The van der Waals surface area contributed by atoms with E-state index in [1.165, 1.54) is 0 Å². The van der Waals surface area contributed by atoms with E-state index < -0.39 is 0 Å². The van der Waals surface area contributed by atoms with Crippen LogP contribution in [-0.4, -0.2) is 37.7 Å². The molecule has 0 N–H and O–H groups in total. The second kappa shape index (κ2) is 13.8. The number of benzene rings is 2. The molecule has 1 aliphatic rings. The minimum absolute atomic E-state index is 0.0432. The van der Waals surface area contributed by atoms with Crippen molar-refractivity contribution in [3.8, 4) is 0 Å². The molecule has 3 rings (SSSR count). The maximum atomic E-state index is 12.2. The van der Waals surface area contributed by atoms with Crippen LogP contribution in [0.2, 0.25) is 0 Å². The van der Waals surface area contributed by atoms with E-state index in [4.69, 9.17) is 18.9 Å². The maximum absolute atomic E-state index is 12.2. The Morgan fingerprint density at radius 3 is 2.56 bits per heavy atom. The summed E-state index contributed by atoms with van der Waals surface area (Å²) in [5, 5.41) is 0. The highest BCUT2D eigenvalue weighted by atomic mass is 16.7. The van der Waals surface area contributed by atoms with Gasteiger partial charge in [-0.15, -0.1) is 0 Å². The van der Waals surface area contributed by atoms with Crippen LogP contribution in [0.15, 0.2) is 66.7 Å². The standard InChI is InChI=1S/C27H34O5/c1-2-3-16-30-27(28)19-26-18-25(31-21-29-20-23-12-8-5-9-13-23)17-24(32-26)15-14-22-10-6-4-7-11-22/h4-15,24-26H,2-3,16-21H2,1H3/b15-14+/t24-,25+,26-/m1/s1. The van der Waals surface area contributed by atoms with Crippen molar-refractivity contribution in [2.45, 2.75) is 63.9 Å². The Labute approximate surface area is 191 Å². The Bertz CT molecular complexity index is 805. The predicted molar refractivity (Wildman–Crippen MR) is 125 cm³/mol. The molecule has 0 saturated carbocycles. The lowest BCUT2D eigenvalue weighted by Gasteiger charge is -2.33. The zero-order valence-corrected chi connectivity index (χ0v) is 18.9. The number of hydrogen-bond acceptors (Lipinski definition) is 5. The molecule has 2 aromatic rings. The quantitative estimate of drug-likeness (QED) is 0.247. The highest BCUT2D eigenvalue weighted by molar-refractivity contribution is 5.70. The van der Waals surface area contributed by atoms with Crippen molar-refractivity contribution in [3.05, 3.63) is 77.9 Å². The first-order chi connectivity index (χ1) is 15.7. The molecule has 2 aromatic carbocycles. The van der Waals surface area contributed by atoms with Crippen molar-refractivity contribution < 1.29 is 23.7 Å².